The van der Waals surface area contributed by atoms with Crippen molar-refractivity contribution in [2.75, 3.05) is 7.11 Å². The molecule has 0 aliphatic heterocycles. The summed E-state index contributed by atoms with van der Waals surface area (Å²) in [6.45, 7) is 1.91. The predicted molar refractivity (Wildman–Crippen MR) is 82.1 cm³/mol. The third-order valence-electron chi connectivity index (χ3n) is 3.07. The van der Waals surface area contributed by atoms with Gasteiger partial charge in [-0.25, -0.2) is 0 Å². The van der Waals surface area contributed by atoms with Crippen molar-refractivity contribution < 1.29 is 9.53 Å². The van der Waals surface area contributed by atoms with Crippen molar-refractivity contribution in [1.82, 2.24) is 0 Å². The lowest BCUT2D eigenvalue weighted by atomic mass is 10.0. The van der Waals surface area contributed by atoms with Crippen LogP contribution in [0, 0.1) is 18.3 Å². The summed E-state index contributed by atoms with van der Waals surface area (Å²) < 4.78 is 5.08. The van der Waals surface area contributed by atoms with Gasteiger partial charge >= 0.3 is 0 Å². The Balaban J connectivity index is 2.32. The van der Waals surface area contributed by atoms with E-state index < -0.39 is 0 Å². The van der Waals surface area contributed by atoms with Gasteiger partial charge in [0.2, 0.25) is 5.78 Å². The number of nitrogens with zero attached hydrogens (tertiary/aromatic N) is 1. The van der Waals surface area contributed by atoms with Crippen molar-refractivity contribution >= 4 is 11.9 Å². The van der Waals surface area contributed by atoms with Gasteiger partial charge in [-0.2, -0.15) is 5.26 Å². The first-order chi connectivity index (χ1) is 10.1. The fraction of sp³-hybridized carbons (Fsp3) is 0.111. The van der Waals surface area contributed by atoms with Crippen LogP contribution in [0.5, 0.6) is 5.75 Å². The van der Waals surface area contributed by atoms with Crippen LogP contribution in [0.3, 0.4) is 0 Å². The van der Waals surface area contributed by atoms with Crippen molar-refractivity contribution in [2.45, 2.75) is 6.92 Å². The summed E-state index contributed by atoms with van der Waals surface area (Å²) in [5, 5.41) is 9.23. The van der Waals surface area contributed by atoms with Crippen LogP contribution in [0.4, 0.5) is 0 Å². The molecule has 0 amide bonds. The molecule has 0 aromatic heterocycles. The maximum atomic E-state index is 12.3. The number of methoxy groups -OCH3 is 1. The molecule has 0 unspecified atom stereocenters. The molecule has 3 nitrogen and oxygen atoms in total. The number of carbonyl (C=O) groups is 1. The predicted octanol–water partition coefficient (Wildman–Crippen LogP) is 3.79. The number of aryl methyl sites for hydroxylation is 1. The Morgan fingerprint density at radius 3 is 2.48 bits per heavy atom. The first kappa shape index (κ1) is 14.5. The summed E-state index contributed by atoms with van der Waals surface area (Å²) in [7, 11) is 1.59. The Hall–Kier alpha value is -2.86. The van der Waals surface area contributed by atoms with E-state index in [0.717, 1.165) is 16.9 Å². The molecule has 21 heavy (non-hydrogen) atoms. The topological polar surface area (TPSA) is 50.1 Å². The van der Waals surface area contributed by atoms with Crippen molar-refractivity contribution in [3.05, 3.63) is 70.8 Å². The van der Waals surface area contributed by atoms with Crippen LogP contribution >= 0.6 is 0 Å². The molecular weight excluding hydrogens is 262 g/mol. The second-order valence-corrected chi connectivity index (χ2v) is 4.64. The molecule has 0 saturated carbocycles. The van der Waals surface area contributed by atoms with Crippen molar-refractivity contribution in [3.8, 4) is 11.8 Å². The zero-order valence-corrected chi connectivity index (χ0v) is 12.0. The molecule has 0 N–H and O–H groups in total. The van der Waals surface area contributed by atoms with Crippen molar-refractivity contribution in [2.24, 2.45) is 0 Å². The molecule has 0 heterocycles. The summed E-state index contributed by atoms with van der Waals surface area (Å²) in [6, 6.07) is 16.4. The van der Waals surface area contributed by atoms with Crippen LogP contribution in [-0.4, -0.2) is 12.9 Å². The second kappa shape index (κ2) is 6.53. The van der Waals surface area contributed by atoms with E-state index in [2.05, 4.69) is 0 Å². The monoisotopic (exact) mass is 277 g/mol. The van der Waals surface area contributed by atoms with Gasteiger partial charge in [-0.15, -0.1) is 0 Å². The number of allylic oxidation sites excluding steroid dienone is 1. The number of benzene rings is 2. The highest BCUT2D eigenvalue weighted by Gasteiger charge is 2.12. The van der Waals surface area contributed by atoms with Crippen molar-refractivity contribution in [1.29, 1.82) is 5.26 Å². The van der Waals surface area contributed by atoms with Gasteiger partial charge in [-0.05, 0) is 36.8 Å². The minimum atomic E-state index is -0.267. The Morgan fingerprint density at radius 1 is 1.19 bits per heavy atom. The summed E-state index contributed by atoms with van der Waals surface area (Å²) in [6.07, 6.45) is 1.59. The molecule has 0 spiro atoms. The van der Waals surface area contributed by atoms with Gasteiger partial charge in [-0.1, -0.05) is 35.9 Å². The number of ether oxygens (including phenoxy) is 1. The summed E-state index contributed by atoms with van der Waals surface area (Å²) in [4.78, 5) is 12.3. The van der Waals surface area contributed by atoms with Gasteiger partial charge in [0.05, 0.1) is 7.11 Å². The van der Waals surface area contributed by atoms with Crippen LogP contribution in [0.1, 0.15) is 21.5 Å². The average Bonchev–Trinajstić information content (AvgIpc) is 2.52. The van der Waals surface area contributed by atoms with E-state index in [-0.39, 0.29) is 11.4 Å². The highest BCUT2D eigenvalue weighted by molar-refractivity contribution is 6.14. The minimum absolute atomic E-state index is 0.116. The second-order valence-electron chi connectivity index (χ2n) is 4.64. The maximum absolute atomic E-state index is 12.3. The lowest BCUT2D eigenvalue weighted by Gasteiger charge is -2.02. The average molecular weight is 277 g/mol. The van der Waals surface area contributed by atoms with E-state index in [1.165, 1.54) is 0 Å². The van der Waals surface area contributed by atoms with Gasteiger partial charge in [-0.3, -0.25) is 4.79 Å². The minimum Gasteiger partial charge on any atom is -0.497 e. The van der Waals surface area contributed by atoms with Crippen LogP contribution in [-0.2, 0) is 0 Å². The fourth-order valence-electron chi connectivity index (χ4n) is 1.96. The van der Waals surface area contributed by atoms with Gasteiger partial charge in [0.1, 0.15) is 17.4 Å². The Labute approximate surface area is 124 Å². The number of hydrogen-bond acceptors (Lipinski definition) is 3. The van der Waals surface area contributed by atoms with Crippen molar-refractivity contribution in [3.63, 3.8) is 0 Å². The standard InChI is InChI=1S/C18H15NO2/c1-13-4-3-5-15(10-13)18(20)16(12-19)11-14-6-8-17(21-2)9-7-14/h3-11H,1-2H3/b16-11+. The molecule has 0 radical (unpaired) electrons. The highest BCUT2D eigenvalue weighted by Crippen LogP contribution is 2.16. The van der Waals surface area contributed by atoms with Gasteiger partial charge in [0.25, 0.3) is 0 Å². The Kier molecular flexibility index (Phi) is 4.53. The van der Waals surface area contributed by atoms with Gasteiger partial charge in [0.15, 0.2) is 0 Å². The first-order valence-electron chi connectivity index (χ1n) is 6.51. The number of carbonyl (C=O) groups excluding carboxylic acids is 1. The summed E-state index contributed by atoms with van der Waals surface area (Å²) >= 11 is 0. The van der Waals surface area contributed by atoms with Gasteiger partial charge in [0, 0.05) is 5.56 Å². The van der Waals surface area contributed by atoms with Gasteiger partial charge < -0.3 is 4.74 Å². The fourth-order valence-corrected chi connectivity index (χ4v) is 1.96. The van der Waals surface area contributed by atoms with E-state index in [4.69, 9.17) is 4.74 Å². The lowest BCUT2D eigenvalue weighted by Crippen LogP contribution is -2.02. The van der Waals surface area contributed by atoms with E-state index in [1.807, 2.05) is 25.1 Å². The third kappa shape index (κ3) is 3.58. The smallest absolute Gasteiger partial charge is 0.203 e. The lowest BCUT2D eigenvalue weighted by molar-refractivity contribution is 0.104. The third-order valence-corrected chi connectivity index (χ3v) is 3.07. The normalized spacial score (nSPS) is 10.8. The first-order valence-corrected chi connectivity index (χ1v) is 6.51. The molecule has 0 saturated heterocycles. The molecule has 2 aromatic rings. The molecule has 0 bridgehead atoms. The highest BCUT2D eigenvalue weighted by atomic mass is 16.5. The number of Topliss-reactive ketones (excluding diaryl/α,β-unsaturated/α-hetero) is 1. The molecule has 0 fully saturated rings. The van der Waals surface area contributed by atoms with E-state index >= 15 is 0 Å². The van der Waals surface area contributed by atoms with E-state index in [1.54, 1.807) is 49.6 Å². The Morgan fingerprint density at radius 2 is 1.90 bits per heavy atom. The molecule has 2 aromatic carbocycles. The van der Waals surface area contributed by atoms with Crippen LogP contribution < -0.4 is 4.74 Å². The number of hydrogen-bond donors (Lipinski definition) is 0. The number of rotatable bonds is 4. The van der Waals surface area contributed by atoms with E-state index in [9.17, 15) is 10.1 Å². The number of nitriles is 1. The molecule has 104 valence electrons. The zero-order chi connectivity index (χ0) is 15.2. The molecular formula is C18H15NO2. The quantitative estimate of drug-likeness (QED) is 0.485. The molecule has 0 atom stereocenters. The van der Waals surface area contributed by atoms with Crippen LogP contribution in [0.15, 0.2) is 54.1 Å². The molecule has 3 heteroatoms. The summed E-state index contributed by atoms with van der Waals surface area (Å²) in [5.74, 6) is 0.465. The van der Waals surface area contributed by atoms with Crippen LogP contribution in [0.2, 0.25) is 0 Å². The largest absolute Gasteiger partial charge is 0.497 e. The van der Waals surface area contributed by atoms with E-state index in [0.29, 0.717) is 5.56 Å². The SMILES string of the molecule is COc1ccc(/C=C(\C#N)C(=O)c2cccc(C)c2)cc1. The van der Waals surface area contributed by atoms with Crippen LogP contribution in [0.25, 0.3) is 6.08 Å². The molecule has 0 aliphatic carbocycles. The summed E-state index contributed by atoms with van der Waals surface area (Å²) in [5.41, 5.74) is 2.41. The maximum Gasteiger partial charge on any atom is 0.203 e. The molecule has 0 aliphatic rings. The zero-order valence-electron chi connectivity index (χ0n) is 12.0. The molecule has 2 rings (SSSR count). The Bertz CT molecular complexity index is 722. The number of ketones is 1.